The highest BCUT2D eigenvalue weighted by Gasteiger charge is 2.28. The summed E-state index contributed by atoms with van der Waals surface area (Å²) in [5.41, 5.74) is 0.586. The van der Waals surface area contributed by atoms with Crippen LogP contribution in [0, 0.1) is 0 Å². The summed E-state index contributed by atoms with van der Waals surface area (Å²) in [5, 5.41) is 5.74. The molecule has 0 fully saturated rings. The number of carbonyl (C=O) groups excluding carboxylic acids is 2. The number of benzene rings is 3. The first kappa shape index (κ1) is 24.9. The zero-order chi connectivity index (χ0) is 24.0. The fraction of sp³-hybridized carbons (Fsp3) is 0.308. The smallest absolute Gasteiger partial charge is 0.261 e. The average Bonchev–Trinajstić information content (AvgIpc) is 2.81. The Morgan fingerprint density at radius 1 is 0.970 bits per heavy atom. The maximum atomic E-state index is 13.3. The molecule has 0 spiro atoms. The van der Waals surface area contributed by atoms with Crippen LogP contribution >= 0.6 is 23.2 Å². The summed E-state index contributed by atoms with van der Waals surface area (Å²) in [4.78, 5) is 27.6. The number of carbonyl (C=O) groups is 2. The van der Waals surface area contributed by atoms with E-state index in [0.717, 1.165) is 17.2 Å². The van der Waals surface area contributed by atoms with Crippen molar-refractivity contribution in [1.29, 1.82) is 0 Å². The van der Waals surface area contributed by atoms with E-state index in [1.54, 1.807) is 25.1 Å². The van der Waals surface area contributed by atoms with Gasteiger partial charge in [0.05, 0.1) is 0 Å². The molecule has 0 saturated heterocycles. The zero-order valence-corrected chi connectivity index (χ0v) is 20.5. The van der Waals surface area contributed by atoms with Crippen molar-refractivity contribution < 1.29 is 14.3 Å². The van der Waals surface area contributed by atoms with Gasteiger partial charge in [-0.3, -0.25) is 9.59 Å². The highest BCUT2D eigenvalue weighted by atomic mass is 35.5. The van der Waals surface area contributed by atoms with E-state index in [1.165, 1.54) is 4.90 Å². The third kappa shape index (κ3) is 6.18. The Morgan fingerprint density at radius 2 is 1.61 bits per heavy atom. The van der Waals surface area contributed by atoms with Crippen LogP contribution in [0.2, 0.25) is 10.0 Å². The number of halogens is 2. The summed E-state index contributed by atoms with van der Waals surface area (Å²) in [7, 11) is 0. The van der Waals surface area contributed by atoms with Crippen molar-refractivity contribution in [3.63, 3.8) is 0 Å². The molecule has 2 atom stereocenters. The molecule has 0 aliphatic rings. The third-order valence-corrected chi connectivity index (χ3v) is 6.37. The van der Waals surface area contributed by atoms with Crippen LogP contribution in [0.4, 0.5) is 0 Å². The molecule has 2 amide bonds. The van der Waals surface area contributed by atoms with Gasteiger partial charge < -0.3 is 15.0 Å². The lowest BCUT2D eigenvalue weighted by Gasteiger charge is -2.30. The highest BCUT2D eigenvalue weighted by Crippen LogP contribution is 2.28. The first-order valence-electron chi connectivity index (χ1n) is 10.9. The molecular formula is C26H28Cl2N2O3. The van der Waals surface area contributed by atoms with Crippen LogP contribution < -0.4 is 10.1 Å². The average molecular weight is 487 g/mol. The lowest BCUT2D eigenvalue weighted by atomic mass is 10.1. The molecule has 33 heavy (non-hydrogen) atoms. The summed E-state index contributed by atoms with van der Waals surface area (Å²) >= 11 is 12.7. The summed E-state index contributed by atoms with van der Waals surface area (Å²) < 4.78 is 5.90. The maximum Gasteiger partial charge on any atom is 0.261 e. The molecule has 1 N–H and O–H groups in total. The van der Waals surface area contributed by atoms with Gasteiger partial charge >= 0.3 is 0 Å². The van der Waals surface area contributed by atoms with Gasteiger partial charge in [0.1, 0.15) is 11.8 Å². The van der Waals surface area contributed by atoms with Crippen molar-refractivity contribution in [2.45, 2.75) is 45.8 Å². The van der Waals surface area contributed by atoms with Crippen LogP contribution in [-0.4, -0.2) is 35.4 Å². The number of ether oxygens (including phenoxy) is 1. The summed E-state index contributed by atoms with van der Waals surface area (Å²) in [6.45, 7) is 5.46. The second kappa shape index (κ2) is 11.4. The number of fused-ring (bicyclic) bond motifs is 1. The lowest BCUT2D eigenvalue weighted by Crippen LogP contribution is -2.50. The summed E-state index contributed by atoms with van der Waals surface area (Å²) in [6, 6.07) is 17.9. The van der Waals surface area contributed by atoms with E-state index in [2.05, 4.69) is 5.32 Å². The Labute approximate surface area is 204 Å². The molecule has 3 rings (SSSR count). The van der Waals surface area contributed by atoms with Crippen molar-refractivity contribution in [1.82, 2.24) is 10.2 Å². The molecule has 3 aromatic rings. The minimum absolute atomic E-state index is 0.00673. The first-order chi connectivity index (χ1) is 15.8. The summed E-state index contributed by atoms with van der Waals surface area (Å²) in [5.74, 6) is 0.0191. The summed E-state index contributed by atoms with van der Waals surface area (Å²) in [6.07, 6.45) is 0.785. The number of rotatable bonds is 9. The van der Waals surface area contributed by atoms with Gasteiger partial charge in [-0.2, -0.15) is 0 Å². The van der Waals surface area contributed by atoms with Gasteiger partial charge in [0, 0.05) is 33.6 Å². The lowest BCUT2D eigenvalue weighted by molar-refractivity contribution is -0.142. The van der Waals surface area contributed by atoms with Crippen LogP contribution in [0.1, 0.15) is 32.8 Å². The number of nitrogens with zero attached hydrogens (tertiary/aromatic N) is 1. The largest absolute Gasteiger partial charge is 0.483 e. The molecule has 0 aliphatic heterocycles. The van der Waals surface area contributed by atoms with Gasteiger partial charge in [-0.15, -0.1) is 0 Å². The first-order valence-corrected chi connectivity index (χ1v) is 11.7. The van der Waals surface area contributed by atoms with E-state index in [4.69, 9.17) is 27.9 Å². The third-order valence-electron chi connectivity index (χ3n) is 5.66. The fourth-order valence-electron chi connectivity index (χ4n) is 3.45. The molecule has 5 nitrogen and oxygen atoms in total. The number of amides is 2. The normalized spacial score (nSPS) is 12.8. The van der Waals surface area contributed by atoms with Gasteiger partial charge in [-0.05, 0) is 43.9 Å². The van der Waals surface area contributed by atoms with E-state index < -0.39 is 6.04 Å². The predicted molar refractivity (Wildman–Crippen MR) is 134 cm³/mol. The van der Waals surface area contributed by atoms with Crippen molar-refractivity contribution >= 4 is 45.8 Å². The Hall–Kier alpha value is -2.76. The van der Waals surface area contributed by atoms with E-state index in [0.29, 0.717) is 21.4 Å². The molecule has 3 aromatic carbocycles. The molecule has 0 saturated carbocycles. The molecule has 0 aromatic heterocycles. The minimum atomic E-state index is -0.741. The second-order valence-electron chi connectivity index (χ2n) is 7.98. The van der Waals surface area contributed by atoms with Crippen molar-refractivity contribution in [3.05, 3.63) is 76.3 Å². The van der Waals surface area contributed by atoms with Gasteiger partial charge in [0.15, 0.2) is 6.61 Å². The topological polar surface area (TPSA) is 58.6 Å². The standard InChI is InChI=1S/C26H28Cl2N2O3/c1-4-17(2)29-26(32)18(3)30(15-21-22(27)12-8-13-23(21)28)25(31)16-33-24-14-7-10-19-9-5-6-11-20(19)24/h5-14,17-18H,4,15-16H2,1-3H3,(H,29,32). The Morgan fingerprint density at radius 3 is 2.30 bits per heavy atom. The molecule has 0 heterocycles. The van der Waals surface area contributed by atoms with Gasteiger partial charge in [-0.25, -0.2) is 0 Å². The zero-order valence-electron chi connectivity index (χ0n) is 19.0. The van der Waals surface area contributed by atoms with E-state index in [9.17, 15) is 9.59 Å². The Kier molecular flexibility index (Phi) is 8.59. The van der Waals surface area contributed by atoms with Crippen molar-refractivity contribution in [3.8, 4) is 5.75 Å². The van der Waals surface area contributed by atoms with Crippen LogP contribution in [0.3, 0.4) is 0 Å². The molecule has 7 heteroatoms. The minimum Gasteiger partial charge on any atom is -0.483 e. The molecule has 0 radical (unpaired) electrons. The van der Waals surface area contributed by atoms with Crippen LogP contribution in [0.15, 0.2) is 60.7 Å². The van der Waals surface area contributed by atoms with Crippen LogP contribution in [0.25, 0.3) is 10.8 Å². The van der Waals surface area contributed by atoms with Crippen molar-refractivity contribution in [2.24, 2.45) is 0 Å². The number of hydrogen-bond acceptors (Lipinski definition) is 3. The molecule has 0 bridgehead atoms. The SMILES string of the molecule is CCC(C)NC(=O)C(C)N(Cc1c(Cl)cccc1Cl)C(=O)COc1cccc2ccccc12. The maximum absolute atomic E-state index is 13.3. The quantitative estimate of drug-likeness (QED) is 0.412. The van der Waals surface area contributed by atoms with Crippen LogP contribution in [0.5, 0.6) is 5.75 Å². The number of nitrogens with one attached hydrogen (secondary N) is 1. The Bertz CT molecular complexity index is 1110. The molecule has 174 valence electrons. The van der Waals surface area contributed by atoms with Crippen LogP contribution in [-0.2, 0) is 16.1 Å². The molecule has 0 aliphatic carbocycles. The second-order valence-corrected chi connectivity index (χ2v) is 8.80. The fourth-order valence-corrected chi connectivity index (χ4v) is 3.96. The predicted octanol–water partition coefficient (Wildman–Crippen LogP) is 5.86. The van der Waals surface area contributed by atoms with E-state index in [-0.39, 0.29) is 31.0 Å². The monoisotopic (exact) mass is 486 g/mol. The van der Waals surface area contributed by atoms with Crippen molar-refractivity contribution in [2.75, 3.05) is 6.61 Å². The number of hydrogen-bond donors (Lipinski definition) is 1. The highest BCUT2D eigenvalue weighted by molar-refractivity contribution is 6.36. The molecular weight excluding hydrogens is 459 g/mol. The van der Waals surface area contributed by atoms with E-state index >= 15 is 0 Å². The van der Waals surface area contributed by atoms with E-state index in [1.807, 2.05) is 56.3 Å². The van der Waals surface area contributed by atoms with Gasteiger partial charge in [0.25, 0.3) is 5.91 Å². The van der Waals surface area contributed by atoms with Gasteiger partial charge in [-0.1, -0.05) is 72.6 Å². The van der Waals surface area contributed by atoms with Gasteiger partial charge in [0.2, 0.25) is 5.91 Å². The Balaban J connectivity index is 1.84. The molecule has 2 unspecified atom stereocenters.